The highest BCUT2D eigenvalue weighted by molar-refractivity contribution is 5.69. The van der Waals surface area contributed by atoms with Crippen LogP contribution in [-0.4, -0.2) is 54.1 Å². The summed E-state index contributed by atoms with van der Waals surface area (Å²) >= 11 is 0. The summed E-state index contributed by atoms with van der Waals surface area (Å²) in [7, 11) is 1.24. The van der Waals surface area contributed by atoms with Crippen LogP contribution in [0.15, 0.2) is 12.1 Å². The summed E-state index contributed by atoms with van der Waals surface area (Å²) < 4.78 is 43.6. The maximum atomic E-state index is 14.0. The monoisotopic (exact) mass is 385 g/mol. The van der Waals surface area contributed by atoms with Crippen molar-refractivity contribution in [2.24, 2.45) is 0 Å². The van der Waals surface area contributed by atoms with Crippen LogP contribution in [0.2, 0.25) is 0 Å². The Balaban J connectivity index is 1.90. The smallest absolute Gasteiger partial charge is 0.410 e. The number of rotatable bonds is 2. The van der Waals surface area contributed by atoms with Crippen LogP contribution in [0, 0.1) is 11.6 Å². The number of carbonyl (C=O) groups excluding carboxylic acids is 1. The van der Waals surface area contributed by atoms with E-state index in [1.807, 2.05) is 0 Å². The van der Waals surface area contributed by atoms with Gasteiger partial charge < -0.3 is 19.3 Å². The highest BCUT2D eigenvalue weighted by atomic mass is 19.2. The molecule has 6 nitrogen and oxygen atoms in total. The molecule has 0 aromatic heterocycles. The molecule has 2 unspecified atom stereocenters. The Labute approximate surface area is 157 Å². The van der Waals surface area contributed by atoms with Crippen LogP contribution in [0.1, 0.15) is 39.2 Å². The standard InChI is InChI=1S/C19H25F2NO5/c1-18(2,3)27-17(23)22-12-7-19(24,8-13(22)10-26-9-12)11-5-14(20)16(21)15(6-11)25-4/h5-6,12-13,24H,7-10H2,1-4H3. The molecule has 2 aliphatic heterocycles. The number of amides is 1. The van der Waals surface area contributed by atoms with Gasteiger partial charge in [0.15, 0.2) is 11.6 Å². The molecule has 3 rings (SSSR count). The molecule has 1 aromatic carbocycles. The molecule has 0 radical (unpaired) electrons. The van der Waals surface area contributed by atoms with E-state index in [0.717, 1.165) is 6.07 Å². The summed E-state index contributed by atoms with van der Waals surface area (Å²) in [5.74, 6) is -2.46. The molecule has 2 atom stereocenters. The van der Waals surface area contributed by atoms with E-state index in [4.69, 9.17) is 14.2 Å². The van der Waals surface area contributed by atoms with Gasteiger partial charge in [-0.15, -0.1) is 0 Å². The van der Waals surface area contributed by atoms with Crippen LogP contribution in [0.5, 0.6) is 5.75 Å². The molecule has 8 heteroatoms. The number of aliphatic hydroxyl groups is 1. The molecule has 2 heterocycles. The second-order valence-corrected chi connectivity index (χ2v) is 8.15. The van der Waals surface area contributed by atoms with Gasteiger partial charge in [-0.05, 0) is 38.5 Å². The molecular formula is C19H25F2NO5. The number of methoxy groups -OCH3 is 1. The third-order valence-electron chi connectivity index (χ3n) is 4.91. The predicted molar refractivity (Wildman–Crippen MR) is 92.5 cm³/mol. The van der Waals surface area contributed by atoms with E-state index in [1.165, 1.54) is 13.2 Å². The SMILES string of the molecule is COc1cc(C2(O)CC3COCC(C2)N3C(=O)OC(C)(C)C)cc(F)c1F. The summed E-state index contributed by atoms with van der Waals surface area (Å²) in [5, 5.41) is 11.2. The van der Waals surface area contributed by atoms with Crippen molar-refractivity contribution in [3.8, 4) is 5.75 Å². The number of ether oxygens (including phenoxy) is 3. The lowest BCUT2D eigenvalue weighted by molar-refractivity contribution is -0.141. The van der Waals surface area contributed by atoms with Crippen molar-refractivity contribution < 1.29 is 32.9 Å². The van der Waals surface area contributed by atoms with E-state index in [9.17, 15) is 18.7 Å². The van der Waals surface area contributed by atoms with Crippen LogP contribution in [0.25, 0.3) is 0 Å². The van der Waals surface area contributed by atoms with Gasteiger partial charge in [-0.1, -0.05) is 0 Å². The topological polar surface area (TPSA) is 68.2 Å². The Hall–Kier alpha value is -1.93. The number of halogens is 2. The van der Waals surface area contributed by atoms with Gasteiger partial charge in [-0.3, -0.25) is 4.90 Å². The Morgan fingerprint density at radius 3 is 2.37 bits per heavy atom. The Bertz CT molecular complexity index is 720. The number of morpholine rings is 1. The van der Waals surface area contributed by atoms with Gasteiger partial charge >= 0.3 is 6.09 Å². The first-order valence-electron chi connectivity index (χ1n) is 8.89. The predicted octanol–water partition coefficient (Wildman–Crippen LogP) is 2.96. The number of piperidine rings is 1. The first-order valence-corrected chi connectivity index (χ1v) is 8.89. The van der Waals surface area contributed by atoms with E-state index in [-0.39, 0.29) is 37.4 Å². The number of hydrogen-bond donors (Lipinski definition) is 1. The number of fused-ring (bicyclic) bond motifs is 2. The molecule has 1 aromatic rings. The van der Waals surface area contributed by atoms with Crippen LogP contribution in [0.4, 0.5) is 13.6 Å². The quantitative estimate of drug-likeness (QED) is 0.848. The third kappa shape index (κ3) is 3.87. The minimum Gasteiger partial charge on any atom is -0.494 e. The van der Waals surface area contributed by atoms with Gasteiger partial charge in [-0.2, -0.15) is 4.39 Å². The number of carbonyl (C=O) groups is 1. The average Bonchev–Trinajstić information content (AvgIpc) is 2.54. The Morgan fingerprint density at radius 2 is 1.85 bits per heavy atom. The normalized spacial score (nSPS) is 28.0. The van der Waals surface area contributed by atoms with Crippen LogP contribution < -0.4 is 4.74 Å². The van der Waals surface area contributed by atoms with Gasteiger partial charge in [0.1, 0.15) is 5.60 Å². The van der Waals surface area contributed by atoms with Gasteiger partial charge in [-0.25, -0.2) is 9.18 Å². The fourth-order valence-corrected chi connectivity index (χ4v) is 3.81. The zero-order valence-corrected chi connectivity index (χ0v) is 15.9. The van der Waals surface area contributed by atoms with Gasteiger partial charge in [0.25, 0.3) is 0 Å². The highest BCUT2D eigenvalue weighted by Gasteiger charge is 2.50. The van der Waals surface area contributed by atoms with Crippen LogP contribution >= 0.6 is 0 Å². The van der Waals surface area contributed by atoms with Gasteiger partial charge in [0.2, 0.25) is 5.82 Å². The zero-order chi connectivity index (χ0) is 20.0. The number of hydrogen-bond acceptors (Lipinski definition) is 5. The molecule has 27 heavy (non-hydrogen) atoms. The molecule has 2 bridgehead atoms. The minimum atomic E-state index is -1.43. The fraction of sp³-hybridized carbons (Fsp3) is 0.632. The molecule has 2 aliphatic rings. The lowest BCUT2D eigenvalue weighted by atomic mass is 9.77. The van der Waals surface area contributed by atoms with E-state index < -0.39 is 41.0 Å². The van der Waals surface area contributed by atoms with E-state index in [0.29, 0.717) is 0 Å². The van der Waals surface area contributed by atoms with Crippen LogP contribution in [-0.2, 0) is 15.1 Å². The highest BCUT2D eigenvalue weighted by Crippen LogP contribution is 2.43. The van der Waals surface area contributed by atoms with Crippen LogP contribution in [0.3, 0.4) is 0 Å². The van der Waals surface area contributed by atoms with Crippen molar-refractivity contribution in [1.29, 1.82) is 0 Å². The molecule has 0 saturated carbocycles. The first-order chi connectivity index (χ1) is 12.5. The van der Waals surface area contributed by atoms with E-state index >= 15 is 0 Å². The van der Waals surface area contributed by atoms with E-state index in [2.05, 4.69) is 0 Å². The zero-order valence-electron chi connectivity index (χ0n) is 15.9. The molecular weight excluding hydrogens is 360 g/mol. The minimum absolute atomic E-state index is 0.122. The second kappa shape index (κ2) is 6.91. The van der Waals surface area contributed by atoms with E-state index in [1.54, 1.807) is 25.7 Å². The largest absolute Gasteiger partial charge is 0.494 e. The average molecular weight is 385 g/mol. The lowest BCUT2D eigenvalue weighted by Gasteiger charge is -2.51. The Kier molecular flexibility index (Phi) is 5.07. The molecule has 0 aliphatic carbocycles. The van der Waals surface area contributed by atoms with Crippen molar-refractivity contribution in [3.05, 3.63) is 29.3 Å². The molecule has 150 valence electrons. The second-order valence-electron chi connectivity index (χ2n) is 8.15. The van der Waals surface area contributed by atoms with Crippen molar-refractivity contribution in [1.82, 2.24) is 4.90 Å². The number of nitrogens with zero attached hydrogens (tertiary/aromatic N) is 1. The first kappa shape index (κ1) is 19.8. The Morgan fingerprint density at radius 1 is 1.26 bits per heavy atom. The van der Waals surface area contributed by atoms with Crippen molar-refractivity contribution in [2.45, 2.75) is 56.9 Å². The summed E-state index contributed by atoms with van der Waals surface area (Å²) in [5.41, 5.74) is -1.86. The van der Waals surface area contributed by atoms with Crippen molar-refractivity contribution >= 4 is 6.09 Å². The maximum Gasteiger partial charge on any atom is 0.410 e. The molecule has 0 spiro atoms. The summed E-state index contributed by atoms with van der Waals surface area (Å²) in [6, 6.07) is 1.42. The fourth-order valence-electron chi connectivity index (χ4n) is 3.81. The summed E-state index contributed by atoms with van der Waals surface area (Å²) in [6.07, 6.45) is -0.223. The third-order valence-corrected chi connectivity index (χ3v) is 4.91. The molecule has 2 fully saturated rings. The lowest BCUT2D eigenvalue weighted by Crippen LogP contribution is -2.63. The van der Waals surface area contributed by atoms with Gasteiger partial charge in [0, 0.05) is 12.8 Å². The molecule has 2 saturated heterocycles. The van der Waals surface area contributed by atoms with Crippen molar-refractivity contribution in [2.75, 3.05) is 20.3 Å². The van der Waals surface area contributed by atoms with Gasteiger partial charge in [0.05, 0.1) is 38.0 Å². The van der Waals surface area contributed by atoms with Crippen molar-refractivity contribution in [3.63, 3.8) is 0 Å². The summed E-state index contributed by atoms with van der Waals surface area (Å²) in [4.78, 5) is 14.2. The molecule has 1 N–H and O–H groups in total. The molecule has 1 amide bonds. The number of benzene rings is 1. The maximum absolute atomic E-state index is 14.0. The summed E-state index contributed by atoms with van der Waals surface area (Å²) in [6.45, 7) is 5.82.